The number of allylic oxidation sites excluding steroid dienone is 1. The molecule has 0 spiro atoms. The van der Waals surface area contributed by atoms with Crippen molar-refractivity contribution in [1.82, 2.24) is 0 Å². The van der Waals surface area contributed by atoms with E-state index in [-0.39, 0.29) is 7.43 Å². The SMILES string of the molecule is C.C=CC.Cc1ccccc1C. The Kier molecular flexibility index (Phi) is 9.10. The van der Waals surface area contributed by atoms with Gasteiger partial charge in [-0.3, -0.25) is 0 Å². The Morgan fingerprint density at radius 1 is 1.08 bits per heavy atom. The average Bonchev–Trinajstić information content (AvgIpc) is 1.97. The highest BCUT2D eigenvalue weighted by Crippen LogP contribution is 2.02. The minimum atomic E-state index is 0. The molecule has 0 unspecified atom stereocenters. The van der Waals surface area contributed by atoms with Gasteiger partial charge in [0.05, 0.1) is 0 Å². The minimum absolute atomic E-state index is 0. The number of hydrogen-bond acceptors (Lipinski definition) is 0. The summed E-state index contributed by atoms with van der Waals surface area (Å²) >= 11 is 0. The first-order chi connectivity index (χ1) is 5.22. The van der Waals surface area contributed by atoms with Crippen LogP contribution in [0.1, 0.15) is 25.5 Å². The van der Waals surface area contributed by atoms with Crippen molar-refractivity contribution in [3.8, 4) is 0 Å². The van der Waals surface area contributed by atoms with Crippen molar-refractivity contribution in [2.24, 2.45) is 0 Å². The van der Waals surface area contributed by atoms with Gasteiger partial charge in [0.2, 0.25) is 0 Å². The second-order valence-electron chi connectivity index (χ2n) is 2.49. The zero-order valence-electron chi connectivity index (χ0n) is 7.59. The molecule has 0 atom stereocenters. The topological polar surface area (TPSA) is 0 Å². The molecule has 0 N–H and O–H groups in total. The molecule has 0 aliphatic rings. The Hall–Kier alpha value is -1.04. The average molecular weight is 164 g/mol. The molecule has 1 aromatic carbocycles. The molecular formula is C12H20. The van der Waals surface area contributed by atoms with Gasteiger partial charge in [0.15, 0.2) is 0 Å². The van der Waals surface area contributed by atoms with E-state index in [1.54, 1.807) is 6.08 Å². The number of benzene rings is 1. The Morgan fingerprint density at radius 2 is 1.33 bits per heavy atom. The maximum absolute atomic E-state index is 3.36. The van der Waals surface area contributed by atoms with Crippen molar-refractivity contribution in [1.29, 1.82) is 0 Å². The summed E-state index contributed by atoms with van der Waals surface area (Å²) in [5.41, 5.74) is 2.74. The molecule has 0 radical (unpaired) electrons. The Morgan fingerprint density at radius 3 is 1.50 bits per heavy atom. The molecule has 0 heterocycles. The molecule has 0 fully saturated rings. The van der Waals surface area contributed by atoms with Gasteiger partial charge in [-0.15, -0.1) is 6.58 Å². The molecule has 68 valence electrons. The summed E-state index contributed by atoms with van der Waals surface area (Å²) in [6.45, 7) is 9.49. The molecule has 0 aliphatic carbocycles. The third-order valence-electron chi connectivity index (χ3n) is 1.43. The quantitative estimate of drug-likeness (QED) is 0.506. The molecule has 0 bridgehead atoms. The Bertz CT molecular complexity index is 190. The van der Waals surface area contributed by atoms with Crippen LogP contribution < -0.4 is 0 Å². The van der Waals surface area contributed by atoms with E-state index in [4.69, 9.17) is 0 Å². The van der Waals surface area contributed by atoms with Gasteiger partial charge in [0, 0.05) is 0 Å². The molecule has 0 aliphatic heterocycles. The van der Waals surface area contributed by atoms with Crippen molar-refractivity contribution >= 4 is 0 Å². The molecule has 0 amide bonds. The van der Waals surface area contributed by atoms with Crippen molar-refractivity contribution in [2.75, 3.05) is 0 Å². The van der Waals surface area contributed by atoms with Crippen LogP contribution in [0.25, 0.3) is 0 Å². The summed E-state index contributed by atoms with van der Waals surface area (Å²) in [5.74, 6) is 0. The van der Waals surface area contributed by atoms with Crippen LogP contribution in [0.2, 0.25) is 0 Å². The zero-order chi connectivity index (χ0) is 8.69. The number of rotatable bonds is 0. The van der Waals surface area contributed by atoms with E-state index in [9.17, 15) is 0 Å². The molecule has 1 rings (SSSR count). The molecule has 12 heavy (non-hydrogen) atoms. The third-order valence-corrected chi connectivity index (χ3v) is 1.43. The lowest BCUT2D eigenvalue weighted by molar-refractivity contribution is 1.34. The highest BCUT2D eigenvalue weighted by Gasteiger charge is 1.83. The maximum atomic E-state index is 3.36. The van der Waals surface area contributed by atoms with Crippen LogP contribution in [0.15, 0.2) is 36.9 Å². The lowest BCUT2D eigenvalue weighted by Gasteiger charge is -1.93. The number of hydrogen-bond donors (Lipinski definition) is 0. The summed E-state index contributed by atoms with van der Waals surface area (Å²) in [7, 11) is 0. The largest absolute Gasteiger partial charge is 0.103 e. The smallest absolute Gasteiger partial charge is 0.0395 e. The second-order valence-corrected chi connectivity index (χ2v) is 2.49. The van der Waals surface area contributed by atoms with Gasteiger partial charge >= 0.3 is 0 Å². The van der Waals surface area contributed by atoms with E-state index in [2.05, 4.69) is 44.7 Å². The first-order valence-electron chi connectivity index (χ1n) is 3.81. The lowest BCUT2D eigenvalue weighted by atomic mass is 10.1. The third kappa shape index (κ3) is 5.72. The molecule has 0 saturated carbocycles. The van der Waals surface area contributed by atoms with Gasteiger partial charge in [-0.1, -0.05) is 37.8 Å². The van der Waals surface area contributed by atoms with Gasteiger partial charge in [-0.2, -0.15) is 0 Å². The molecule has 0 aromatic heterocycles. The van der Waals surface area contributed by atoms with Gasteiger partial charge in [0.25, 0.3) is 0 Å². The molecular weight excluding hydrogens is 144 g/mol. The summed E-state index contributed by atoms with van der Waals surface area (Å²) in [5, 5.41) is 0. The van der Waals surface area contributed by atoms with Gasteiger partial charge in [0.1, 0.15) is 0 Å². The van der Waals surface area contributed by atoms with Gasteiger partial charge < -0.3 is 0 Å². The van der Waals surface area contributed by atoms with Crippen LogP contribution >= 0.6 is 0 Å². The Balaban J connectivity index is 0. The van der Waals surface area contributed by atoms with Crippen LogP contribution in [0.3, 0.4) is 0 Å². The van der Waals surface area contributed by atoms with E-state index in [1.807, 2.05) is 6.92 Å². The monoisotopic (exact) mass is 164 g/mol. The predicted octanol–water partition coefficient (Wildman–Crippen LogP) is 4.13. The van der Waals surface area contributed by atoms with Gasteiger partial charge in [-0.05, 0) is 31.9 Å². The fourth-order valence-corrected chi connectivity index (χ4v) is 0.663. The number of aryl methyl sites for hydroxylation is 2. The van der Waals surface area contributed by atoms with Crippen LogP contribution in [0.4, 0.5) is 0 Å². The fourth-order valence-electron chi connectivity index (χ4n) is 0.663. The summed E-state index contributed by atoms with van der Waals surface area (Å²) in [4.78, 5) is 0. The summed E-state index contributed by atoms with van der Waals surface area (Å²) < 4.78 is 0. The first-order valence-corrected chi connectivity index (χ1v) is 3.81. The second kappa shape index (κ2) is 8.06. The van der Waals surface area contributed by atoms with E-state index >= 15 is 0 Å². The van der Waals surface area contributed by atoms with Crippen molar-refractivity contribution in [3.63, 3.8) is 0 Å². The molecule has 0 heteroatoms. The first kappa shape index (κ1) is 13.5. The predicted molar refractivity (Wildman–Crippen MR) is 58.5 cm³/mol. The standard InChI is InChI=1S/C8H10.C3H6.CH4/c1-7-5-3-4-6-8(7)2;1-3-2;/h3-6H,1-2H3;3H,1H2,2H3;1H4. The van der Waals surface area contributed by atoms with Crippen molar-refractivity contribution in [2.45, 2.75) is 28.2 Å². The van der Waals surface area contributed by atoms with E-state index in [0.29, 0.717) is 0 Å². The molecule has 1 aromatic rings. The highest BCUT2D eigenvalue weighted by atomic mass is 13.9. The maximum Gasteiger partial charge on any atom is -0.0395 e. The van der Waals surface area contributed by atoms with Crippen LogP contribution in [-0.2, 0) is 0 Å². The lowest BCUT2D eigenvalue weighted by Crippen LogP contribution is -1.74. The van der Waals surface area contributed by atoms with Crippen LogP contribution in [0, 0.1) is 13.8 Å². The summed E-state index contributed by atoms with van der Waals surface area (Å²) in [6, 6.07) is 8.36. The van der Waals surface area contributed by atoms with Crippen LogP contribution in [-0.4, -0.2) is 0 Å². The van der Waals surface area contributed by atoms with Crippen LogP contribution in [0.5, 0.6) is 0 Å². The molecule has 0 nitrogen and oxygen atoms in total. The normalized spacial score (nSPS) is 7.25. The minimum Gasteiger partial charge on any atom is -0.103 e. The van der Waals surface area contributed by atoms with E-state index < -0.39 is 0 Å². The Labute approximate surface area is 76.9 Å². The molecule has 0 saturated heterocycles. The highest BCUT2D eigenvalue weighted by molar-refractivity contribution is 5.23. The van der Waals surface area contributed by atoms with Gasteiger partial charge in [-0.25, -0.2) is 0 Å². The van der Waals surface area contributed by atoms with Crippen molar-refractivity contribution in [3.05, 3.63) is 48.0 Å². The van der Waals surface area contributed by atoms with Crippen molar-refractivity contribution < 1.29 is 0 Å². The van der Waals surface area contributed by atoms with E-state index in [0.717, 1.165) is 0 Å². The fraction of sp³-hybridized carbons (Fsp3) is 0.333. The summed E-state index contributed by atoms with van der Waals surface area (Å²) in [6.07, 6.45) is 1.75. The van der Waals surface area contributed by atoms with E-state index in [1.165, 1.54) is 11.1 Å². The zero-order valence-corrected chi connectivity index (χ0v) is 7.59.